The molecule has 0 aromatic carbocycles. The Labute approximate surface area is 86.0 Å². The van der Waals surface area contributed by atoms with Crippen molar-refractivity contribution in [2.45, 2.75) is 0 Å². The van der Waals surface area contributed by atoms with E-state index in [-0.39, 0.29) is 5.15 Å². The van der Waals surface area contributed by atoms with Gasteiger partial charge in [0.2, 0.25) is 0 Å². The Morgan fingerprint density at radius 2 is 2.43 bits per heavy atom. The number of halogens is 1. The van der Waals surface area contributed by atoms with E-state index < -0.39 is 5.97 Å². The number of ether oxygens (including phenoxy) is 1. The van der Waals surface area contributed by atoms with E-state index >= 15 is 0 Å². The van der Waals surface area contributed by atoms with Gasteiger partial charge in [0, 0.05) is 17.7 Å². The number of anilines is 1. The minimum Gasteiger partial charge on any atom is -0.459 e. The van der Waals surface area contributed by atoms with Crippen LogP contribution in [0, 0.1) is 11.8 Å². The molecule has 0 aliphatic rings. The lowest BCUT2D eigenvalue weighted by Crippen LogP contribution is -1.95. The lowest BCUT2D eigenvalue weighted by molar-refractivity contribution is -0.133. The Bertz CT molecular complexity index is 421. The highest BCUT2D eigenvalue weighted by atomic mass is 35.5. The van der Waals surface area contributed by atoms with Crippen molar-refractivity contribution in [2.75, 3.05) is 12.8 Å². The van der Waals surface area contributed by atoms with Gasteiger partial charge in [-0.2, -0.15) is 0 Å². The Balaban J connectivity index is 2.91. The number of hydrogen-bond acceptors (Lipinski definition) is 4. The van der Waals surface area contributed by atoms with Crippen molar-refractivity contribution >= 4 is 23.3 Å². The van der Waals surface area contributed by atoms with Crippen LogP contribution in [0.15, 0.2) is 12.3 Å². The molecule has 0 atom stereocenters. The molecular formula is C9H7ClN2O2. The van der Waals surface area contributed by atoms with Gasteiger partial charge in [0.05, 0.1) is 12.8 Å². The predicted molar refractivity (Wildman–Crippen MR) is 52.6 cm³/mol. The zero-order chi connectivity index (χ0) is 10.6. The number of carbonyl (C=O) groups excluding carboxylic acids is 1. The maximum absolute atomic E-state index is 10.7. The summed E-state index contributed by atoms with van der Waals surface area (Å²) in [6.07, 6.45) is 1.43. The first-order valence-electron chi connectivity index (χ1n) is 3.64. The molecule has 5 heteroatoms. The maximum Gasteiger partial charge on any atom is 0.384 e. The molecule has 1 aromatic rings. The summed E-state index contributed by atoms with van der Waals surface area (Å²) in [6, 6.07) is 1.53. The summed E-state index contributed by atoms with van der Waals surface area (Å²) in [5.74, 6) is 4.17. The van der Waals surface area contributed by atoms with Crippen molar-refractivity contribution in [3.8, 4) is 11.8 Å². The first-order chi connectivity index (χ1) is 6.63. The fourth-order valence-electron chi connectivity index (χ4n) is 0.708. The number of aromatic nitrogens is 1. The standard InChI is InChI=1S/C9H7ClN2O2/c1-14-8(13)3-2-6-4-7(11)9(10)12-5-6/h4-5H,11H2,1H3. The molecule has 0 bridgehead atoms. The molecule has 1 rings (SSSR count). The van der Waals surface area contributed by atoms with Gasteiger partial charge >= 0.3 is 5.97 Å². The summed E-state index contributed by atoms with van der Waals surface area (Å²) in [5, 5.41) is 0.216. The molecule has 0 radical (unpaired) electrons. The lowest BCUT2D eigenvalue weighted by atomic mass is 10.3. The van der Waals surface area contributed by atoms with Crippen molar-refractivity contribution in [2.24, 2.45) is 0 Å². The summed E-state index contributed by atoms with van der Waals surface area (Å²) in [6.45, 7) is 0. The van der Waals surface area contributed by atoms with E-state index in [2.05, 4.69) is 21.6 Å². The SMILES string of the molecule is COC(=O)C#Cc1cnc(Cl)c(N)c1. The summed E-state index contributed by atoms with van der Waals surface area (Å²) in [5.41, 5.74) is 6.32. The molecule has 0 unspecified atom stereocenters. The topological polar surface area (TPSA) is 65.2 Å². The summed E-state index contributed by atoms with van der Waals surface area (Å²) in [7, 11) is 1.26. The van der Waals surface area contributed by atoms with Crippen LogP contribution < -0.4 is 5.73 Å². The number of hydrogen-bond donors (Lipinski definition) is 1. The highest BCUT2D eigenvalue weighted by molar-refractivity contribution is 6.31. The lowest BCUT2D eigenvalue weighted by Gasteiger charge is -1.95. The van der Waals surface area contributed by atoms with E-state index in [1.165, 1.54) is 19.4 Å². The molecule has 0 saturated carbocycles. The zero-order valence-electron chi connectivity index (χ0n) is 7.37. The minimum absolute atomic E-state index is 0.216. The van der Waals surface area contributed by atoms with Gasteiger partial charge in [-0.1, -0.05) is 17.5 Å². The second-order valence-corrected chi connectivity index (χ2v) is 2.70. The van der Waals surface area contributed by atoms with Crippen LogP contribution >= 0.6 is 11.6 Å². The number of nitrogens with two attached hydrogens (primary N) is 1. The molecular weight excluding hydrogens is 204 g/mol. The quantitative estimate of drug-likeness (QED) is 0.392. The highest BCUT2D eigenvalue weighted by Crippen LogP contribution is 2.15. The molecule has 0 fully saturated rings. The molecule has 72 valence electrons. The zero-order valence-corrected chi connectivity index (χ0v) is 8.13. The minimum atomic E-state index is -0.612. The number of carbonyl (C=O) groups is 1. The number of rotatable bonds is 0. The van der Waals surface area contributed by atoms with Crippen LogP contribution in [0.2, 0.25) is 5.15 Å². The molecule has 1 aromatic heterocycles. The number of esters is 1. The van der Waals surface area contributed by atoms with Crippen molar-refractivity contribution in [1.29, 1.82) is 0 Å². The molecule has 14 heavy (non-hydrogen) atoms. The average molecular weight is 211 g/mol. The van der Waals surface area contributed by atoms with Crippen LogP contribution in [-0.4, -0.2) is 18.1 Å². The van der Waals surface area contributed by atoms with Crippen molar-refractivity contribution in [3.63, 3.8) is 0 Å². The van der Waals surface area contributed by atoms with E-state index in [0.29, 0.717) is 11.3 Å². The number of nitrogen functional groups attached to an aromatic ring is 1. The molecule has 0 amide bonds. The molecule has 2 N–H and O–H groups in total. The van der Waals surface area contributed by atoms with Crippen LogP contribution in [0.4, 0.5) is 5.69 Å². The van der Waals surface area contributed by atoms with Gasteiger partial charge < -0.3 is 10.5 Å². The number of nitrogens with zero attached hydrogens (tertiary/aromatic N) is 1. The Morgan fingerprint density at radius 3 is 3.00 bits per heavy atom. The average Bonchev–Trinajstić information content (AvgIpc) is 2.19. The van der Waals surface area contributed by atoms with Gasteiger partial charge in [0.1, 0.15) is 0 Å². The first-order valence-corrected chi connectivity index (χ1v) is 4.02. The molecule has 0 aliphatic carbocycles. The fourth-order valence-corrected chi connectivity index (χ4v) is 0.811. The van der Waals surface area contributed by atoms with Crippen LogP contribution in [0.25, 0.3) is 0 Å². The van der Waals surface area contributed by atoms with E-state index in [1.54, 1.807) is 0 Å². The number of pyridine rings is 1. The molecule has 0 spiro atoms. The van der Waals surface area contributed by atoms with E-state index in [0.717, 1.165) is 0 Å². The fraction of sp³-hybridized carbons (Fsp3) is 0.111. The van der Waals surface area contributed by atoms with E-state index in [4.69, 9.17) is 17.3 Å². The van der Waals surface area contributed by atoms with Crippen LogP contribution in [0.3, 0.4) is 0 Å². The first kappa shape index (κ1) is 10.4. The van der Waals surface area contributed by atoms with Gasteiger partial charge in [0.15, 0.2) is 5.15 Å². The predicted octanol–water partition coefficient (Wildman–Crippen LogP) is 0.842. The Hall–Kier alpha value is -1.73. The third-order valence-electron chi connectivity index (χ3n) is 1.36. The summed E-state index contributed by atoms with van der Waals surface area (Å²) < 4.78 is 4.34. The van der Waals surface area contributed by atoms with Crippen LogP contribution in [0.1, 0.15) is 5.56 Å². The van der Waals surface area contributed by atoms with Crippen molar-refractivity contribution in [1.82, 2.24) is 4.98 Å². The maximum atomic E-state index is 10.7. The molecule has 0 aliphatic heterocycles. The van der Waals surface area contributed by atoms with E-state index in [1.807, 2.05) is 0 Å². The van der Waals surface area contributed by atoms with Gasteiger partial charge in [-0.3, -0.25) is 0 Å². The smallest absolute Gasteiger partial charge is 0.384 e. The van der Waals surface area contributed by atoms with Gasteiger partial charge in [0.25, 0.3) is 0 Å². The summed E-state index contributed by atoms with van der Waals surface area (Å²) in [4.78, 5) is 14.4. The highest BCUT2D eigenvalue weighted by Gasteiger charge is 1.97. The normalized spacial score (nSPS) is 8.71. The molecule has 1 heterocycles. The second-order valence-electron chi connectivity index (χ2n) is 2.35. The van der Waals surface area contributed by atoms with Gasteiger partial charge in [-0.05, 0) is 6.07 Å². The largest absolute Gasteiger partial charge is 0.459 e. The third-order valence-corrected chi connectivity index (χ3v) is 1.68. The Kier molecular flexibility index (Phi) is 3.32. The Morgan fingerprint density at radius 1 is 1.71 bits per heavy atom. The molecule has 0 saturated heterocycles. The number of methoxy groups -OCH3 is 1. The third kappa shape index (κ3) is 2.64. The summed E-state index contributed by atoms with van der Waals surface area (Å²) >= 11 is 5.59. The van der Waals surface area contributed by atoms with Gasteiger partial charge in [-0.15, -0.1) is 0 Å². The second kappa shape index (κ2) is 4.49. The van der Waals surface area contributed by atoms with Crippen molar-refractivity contribution in [3.05, 3.63) is 23.0 Å². The monoisotopic (exact) mass is 210 g/mol. The van der Waals surface area contributed by atoms with Crippen LogP contribution in [0.5, 0.6) is 0 Å². The molecule has 4 nitrogen and oxygen atoms in total. The van der Waals surface area contributed by atoms with Crippen LogP contribution in [-0.2, 0) is 9.53 Å². The van der Waals surface area contributed by atoms with Gasteiger partial charge in [-0.25, -0.2) is 9.78 Å². The van der Waals surface area contributed by atoms with Crippen molar-refractivity contribution < 1.29 is 9.53 Å². The van der Waals surface area contributed by atoms with E-state index in [9.17, 15) is 4.79 Å².